The third kappa shape index (κ3) is 6.50. The SMILES string of the molecule is CC(=O)c1cccc(OCC(=O)NCc2cccc(COc3ccccc3)c2)c1. The highest BCUT2D eigenvalue weighted by molar-refractivity contribution is 5.94. The second-order valence-electron chi connectivity index (χ2n) is 6.57. The van der Waals surface area contributed by atoms with Crippen LogP contribution in [0.5, 0.6) is 11.5 Å². The summed E-state index contributed by atoms with van der Waals surface area (Å²) in [5.74, 6) is 1.03. The molecule has 0 bridgehead atoms. The Hall–Kier alpha value is -3.60. The van der Waals surface area contributed by atoms with Gasteiger partial charge in [-0.25, -0.2) is 0 Å². The van der Waals surface area contributed by atoms with Crippen molar-refractivity contribution in [2.24, 2.45) is 0 Å². The van der Waals surface area contributed by atoms with Crippen LogP contribution < -0.4 is 14.8 Å². The topological polar surface area (TPSA) is 64.6 Å². The number of ketones is 1. The number of benzene rings is 3. The van der Waals surface area contributed by atoms with Gasteiger partial charge in [-0.05, 0) is 42.3 Å². The summed E-state index contributed by atoms with van der Waals surface area (Å²) in [7, 11) is 0. The summed E-state index contributed by atoms with van der Waals surface area (Å²) < 4.78 is 11.2. The first-order chi connectivity index (χ1) is 14.1. The largest absolute Gasteiger partial charge is 0.489 e. The molecule has 1 amide bonds. The van der Waals surface area contributed by atoms with E-state index in [1.807, 2.05) is 54.6 Å². The first-order valence-electron chi connectivity index (χ1n) is 9.36. The maximum atomic E-state index is 12.1. The van der Waals surface area contributed by atoms with Crippen molar-refractivity contribution in [3.05, 3.63) is 95.6 Å². The normalized spacial score (nSPS) is 10.2. The van der Waals surface area contributed by atoms with Crippen molar-refractivity contribution >= 4 is 11.7 Å². The minimum absolute atomic E-state index is 0.0453. The van der Waals surface area contributed by atoms with Gasteiger partial charge in [0.1, 0.15) is 18.1 Å². The fourth-order valence-corrected chi connectivity index (χ4v) is 2.72. The Morgan fingerprint density at radius 3 is 2.31 bits per heavy atom. The molecule has 0 heterocycles. The van der Waals surface area contributed by atoms with Gasteiger partial charge < -0.3 is 14.8 Å². The third-order valence-electron chi connectivity index (χ3n) is 4.24. The zero-order valence-corrected chi connectivity index (χ0v) is 16.3. The van der Waals surface area contributed by atoms with E-state index < -0.39 is 0 Å². The van der Waals surface area contributed by atoms with Crippen LogP contribution in [-0.4, -0.2) is 18.3 Å². The number of rotatable bonds is 9. The van der Waals surface area contributed by atoms with Crippen LogP contribution in [0, 0.1) is 0 Å². The van der Waals surface area contributed by atoms with Crippen molar-refractivity contribution in [1.29, 1.82) is 0 Å². The van der Waals surface area contributed by atoms with Crippen LogP contribution in [0.15, 0.2) is 78.9 Å². The van der Waals surface area contributed by atoms with Crippen molar-refractivity contribution in [2.75, 3.05) is 6.61 Å². The van der Waals surface area contributed by atoms with Crippen LogP contribution in [0.2, 0.25) is 0 Å². The average Bonchev–Trinajstić information content (AvgIpc) is 2.76. The van der Waals surface area contributed by atoms with Crippen molar-refractivity contribution in [1.82, 2.24) is 5.32 Å². The number of ether oxygens (including phenoxy) is 2. The monoisotopic (exact) mass is 389 g/mol. The lowest BCUT2D eigenvalue weighted by Crippen LogP contribution is -2.28. The molecule has 0 aliphatic rings. The molecule has 0 aliphatic heterocycles. The number of amides is 1. The summed E-state index contributed by atoms with van der Waals surface area (Å²) in [4.78, 5) is 23.5. The smallest absolute Gasteiger partial charge is 0.258 e. The molecule has 0 aromatic heterocycles. The standard InChI is InChI=1S/C24H23NO4/c1-18(26)21-9-6-12-23(14-21)29-17-24(27)25-15-19-7-5-8-20(13-19)16-28-22-10-3-2-4-11-22/h2-14H,15-17H2,1H3,(H,25,27). The highest BCUT2D eigenvalue weighted by Gasteiger charge is 2.06. The fraction of sp³-hybridized carbons (Fsp3) is 0.167. The Morgan fingerprint density at radius 2 is 1.52 bits per heavy atom. The van der Waals surface area contributed by atoms with Gasteiger partial charge in [-0.15, -0.1) is 0 Å². The number of hydrogen-bond donors (Lipinski definition) is 1. The molecule has 0 atom stereocenters. The Balaban J connectivity index is 1.46. The number of carbonyl (C=O) groups is 2. The Bertz CT molecular complexity index is 969. The van der Waals surface area contributed by atoms with E-state index in [2.05, 4.69) is 5.32 Å². The van der Waals surface area contributed by atoms with Crippen LogP contribution >= 0.6 is 0 Å². The number of para-hydroxylation sites is 1. The molecule has 0 unspecified atom stereocenters. The van der Waals surface area contributed by atoms with Crippen LogP contribution in [0.4, 0.5) is 0 Å². The lowest BCUT2D eigenvalue weighted by Gasteiger charge is -2.10. The minimum Gasteiger partial charge on any atom is -0.489 e. The summed E-state index contributed by atoms with van der Waals surface area (Å²) in [6.07, 6.45) is 0. The summed E-state index contributed by atoms with van der Waals surface area (Å²) in [6, 6.07) is 24.3. The number of hydrogen-bond acceptors (Lipinski definition) is 4. The molecule has 0 radical (unpaired) electrons. The lowest BCUT2D eigenvalue weighted by molar-refractivity contribution is -0.123. The maximum Gasteiger partial charge on any atom is 0.258 e. The molecule has 0 saturated heterocycles. The van der Waals surface area contributed by atoms with Crippen LogP contribution in [-0.2, 0) is 17.9 Å². The Labute approximate surface area is 170 Å². The Kier molecular flexibility index (Phi) is 7.00. The third-order valence-corrected chi connectivity index (χ3v) is 4.24. The summed E-state index contributed by atoms with van der Waals surface area (Å²) >= 11 is 0. The molecule has 5 nitrogen and oxygen atoms in total. The van der Waals surface area contributed by atoms with Crippen molar-refractivity contribution < 1.29 is 19.1 Å². The van der Waals surface area contributed by atoms with Gasteiger partial charge in [-0.3, -0.25) is 9.59 Å². The van der Waals surface area contributed by atoms with E-state index >= 15 is 0 Å². The number of carbonyl (C=O) groups excluding carboxylic acids is 2. The molecule has 29 heavy (non-hydrogen) atoms. The van der Waals surface area contributed by atoms with Crippen LogP contribution in [0.25, 0.3) is 0 Å². The van der Waals surface area contributed by atoms with Crippen molar-refractivity contribution in [2.45, 2.75) is 20.1 Å². The molecule has 0 aliphatic carbocycles. The van der Waals surface area contributed by atoms with Gasteiger partial charge in [0.05, 0.1) is 0 Å². The van der Waals surface area contributed by atoms with E-state index in [1.54, 1.807) is 24.3 Å². The molecule has 0 fully saturated rings. The molecule has 148 valence electrons. The molecular weight excluding hydrogens is 366 g/mol. The predicted molar refractivity (Wildman–Crippen MR) is 111 cm³/mol. The molecule has 3 rings (SSSR count). The van der Waals surface area contributed by atoms with Gasteiger partial charge in [0.15, 0.2) is 12.4 Å². The van der Waals surface area contributed by atoms with Gasteiger partial charge in [-0.1, -0.05) is 54.6 Å². The highest BCUT2D eigenvalue weighted by Crippen LogP contribution is 2.14. The summed E-state index contributed by atoms with van der Waals surface area (Å²) in [6.45, 7) is 2.24. The quantitative estimate of drug-likeness (QED) is 0.558. The highest BCUT2D eigenvalue weighted by atomic mass is 16.5. The van der Waals surface area contributed by atoms with Crippen LogP contribution in [0.1, 0.15) is 28.4 Å². The van der Waals surface area contributed by atoms with Crippen LogP contribution in [0.3, 0.4) is 0 Å². The van der Waals surface area contributed by atoms with Gasteiger partial charge >= 0.3 is 0 Å². The molecule has 5 heteroatoms. The van der Waals surface area contributed by atoms with E-state index in [-0.39, 0.29) is 18.3 Å². The molecule has 1 N–H and O–H groups in total. The van der Waals surface area contributed by atoms with Gasteiger partial charge in [0, 0.05) is 12.1 Å². The first kappa shape index (κ1) is 20.1. The van der Waals surface area contributed by atoms with Gasteiger partial charge in [0.25, 0.3) is 5.91 Å². The molecule has 0 spiro atoms. The summed E-state index contributed by atoms with van der Waals surface area (Å²) in [5, 5.41) is 2.84. The van der Waals surface area contributed by atoms with E-state index in [9.17, 15) is 9.59 Å². The average molecular weight is 389 g/mol. The van der Waals surface area contributed by atoms with E-state index in [0.29, 0.717) is 24.5 Å². The zero-order valence-electron chi connectivity index (χ0n) is 16.3. The van der Waals surface area contributed by atoms with E-state index in [1.165, 1.54) is 6.92 Å². The number of Topliss-reactive ketones (excluding diaryl/α,β-unsaturated/α-hetero) is 1. The van der Waals surface area contributed by atoms with Gasteiger partial charge in [-0.2, -0.15) is 0 Å². The fourth-order valence-electron chi connectivity index (χ4n) is 2.72. The van der Waals surface area contributed by atoms with E-state index in [0.717, 1.165) is 16.9 Å². The van der Waals surface area contributed by atoms with Gasteiger partial charge in [0.2, 0.25) is 0 Å². The first-order valence-corrected chi connectivity index (χ1v) is 9.36. The maximum absolute atomic E-state index is 12.1. The second-order valence-corrected chi connectivity index (χ2v) is 6.57. The molecule has 3 aromatic carbocycles. The molecular formula is C24H23NO4. The predicted octanol–water partition coefficient (Wildman–Crippen LogP) is 4.16. The molecule has 3 aromatic rings. The molecule has 0 saturated carbocycles. The van der Waals surface area contributed by atoms with Crippen molar-refractivity contribution in [3.63, 3.8) is 0 Å². The Morgan fingerprint density at radius 1 is 0.793 bits per heavy atom. The number of nitrogens with one attached hydrogen (secondary N) is 1. The minimum atomic E-state index is -0.232. The zero-order chi connectivity index (χ0) is 20.5. The van der Waals surface area contributed by atoms with E-state index in [4.69, 9.17) is 9.47 Å². The lowest BCUT2D eigenvalue weighted by atomic mass is 10.1. The second kappa shape index (κ2) is 10.1. The summed E-state index contributed by atoms with van der Waals surface area (Å²) in [5.41, 5.74) is 2.56. The van der Waals surface area contributed by atoms with Crippen molar-refractivity contribution in [3.8, 4) is 11.5 Å².